The Labute approximate surface area is 59.3 Å². The summed E-state index contributed by atoms with van der Waals surface area (Å²) in [4.78, 5) is 15.1. The Kier molecular flexibility index (Phi) is 1.57. The molecule has 1 aromatic rings. The molecule has 0 bridgehead atoms. The minimum absolute atomic E-state index is 0.0347. The van der Waals surface area contributed by atoms with E-state index in [0.717, 1.165) is 11.3 Å². The predicted octanol–water partition coefficient (Wildman–Crippen LogP) is 0.397. The molecular weight excluding hydrogens is 128 g/mol. The lowest BCUT2D eigenvalue weighted by atomic mass is 10.3. The van der Waals surface area contributed by atoms with Crippen LogP contribution in [0.2, 0.25) is 0 Å². The first-order chi connectivity index (χ1) is 4.63. The highest BCUT2D eigenvalue weighted by Crippen LogP contribution is 1.92. The molecule has 10 heavy (non-hydrogen) atoms. The lowest BCUT2D eigenvalue weighted by molar-refractivity contribution is 0.799. The average Bonchev–Trinajstić information content (AvgIpc) is 1.93. The molecule has 0 aliphatic heterocycles. The van der Waals surface area contributed by atoms with Crippen LogP contribution in [-0.2, 0) is 7.05 Å². The van der Waals surface area contributed by atoms with Crippen LogP contribution in [-0.4, -0.2) is 9.55 Å². The molecule has 0 saturated carbocycles. The second-order valence-electron chi connectivity index (χ2n) is 2.37. The van der Waals surface area contributed by atoms with Gasteiger partial charge in [-0.1, -0.05) is 0 Å². The van der Waals surface area contributed by atoms with Gasteiger partial charge in [0.15, 0.2) is 0 Å². The summed E-state index contributed by atoms with van der Waals surface area (Å²) in [6.07, 6.45) is 1.53. The van der Waals surface area contributed by atoms with Gasteiger partial charge in [-0.15, -0.1) is 0 Å². The lowest BCUT2D eigenvalue weighted by Crippen LogP contribution is -2.20. The van der Waals surface area contributed by atoms with E-state index in [2.05, 4.69) is 4.98 Å². The first kappa shape index (κ1) is 6.99. The van der Waals surface area contributed by atoms with Crippen LogP contribution in [0.1, 0.15) is 11.3 Å². The molecule has 1 aromatic heterocycles. The van der Waals surface area contributed by atoms with Crippen molar-refractivity contribution in [3.05, 3.63) is 27.9 Å². The zero-order valence-electron chi connectivity index (χ0n) is 6.38. The van der Waals surface area contributed by atoms with E-state index in [9.17, 15) is 4.79 Å². The van der Waals surface area contributed by atoms with Gasteiger partial charge >= 0.3 is 0 Å². The van der Waals surface area contributed by atoms with Crippen LogP contribution >= 0.6 is 0 Å². The van der Waals surface area contributed by atoms with E-state index >= 15 is 0 Å². The molecule has 0 saturated heterocycles. The third kappa shape index (κ3) is 0.943. The fourth-order valence-electron chi connectivity index (χ4n) is 0.742. The van der Waals surface area contributed by atoms with Gasteiger partial charge < -0.3 is 4.57 Å². The van der Waals surface area contributed by atoms with Gasteiger partial charge in [0.1, 0.15) is 0 Å². The van der Waals surface area contributed by atoms with E-state index in [1.54, 1.807) is 14.0 Å². The normalized spacial score (nSPS) is 9.90. The maximum Gasteiger partial charge on any atom is 0.256 e. The number of rotatable bonds is 0. The van der Waals surface area contributed by atoms with E-state index in [-0.39, 0.29) is 5.56 Å². The van der Waals surface area contributed by atoms with E-state index < -0.39 is 0 Å². The number of hydrogen-bond donors (Lipinski definition) is 0. The van der Waals surface area contributed by atoms with Crippen molar-refractivity contribution in [3.8, 4) is 0 Å². The zero-order valence-corrected chi connectivity index (χ0v) is 6.38. The molecule has 0 atom stereocenters. The first-order valence-corrected chi connectivity index (χ1v) is 3.11. The number of nitrogens with zero attached hydrogens (tertiary/aromatic N) is 2. The summed E-state index contributed by atoms with van der Waals surface area (Å²) in [5.41, 5.74) is 1.57. The van der Waals surface area contributed by atoms with Crippen molar-refractivity contribution >= 4 is 0 Å². The SMILES string of the molecule is Cc1ncn(C)c(=O)c1C. The summed E-state index contributed by atoms with van der Waals surface area (Å²) in [5, 5.41) is 0. The summed E-state index contributed by atoms with van der Waals surface area (Å²) < 4.78 is 1.47. The van der Waals surface area contributed by atoms with Crippen LogP contribution in [0.5, 0.6) is 0 Å². The van der Waals surface area contributed by atoms with Gasteiger partial charge in [0.25, 0.3) is 5.56 Å². The first-order valence-electron chi connectivity index (χ1n) is 3.11. The second-order valence-corrected chi connectivity index (χ2v) is 2.37. The highest BCUT2D eigenvalue weighted by Gasteiger charge is 1.98. The van der Waals surface area contributed by atoms with E-state index in [1.165, 1.54) is 10.9 Å². The molecule has 0 amide bonds. The van der Waals surface area contributed by atoms with Crippen LogP contribution < -0.4 is 5.56 Å². The summed E-state index contributed by atoms with van der Waals surface area (Å²) >= 11 is 0. The minimum Gasteiger partial charge on any atom is -0.302 e. The molecule has 1 heterocycles. The molecule has 1 rings (SSSR count). The van der Waals surface area contributed by atoms with Crippen LogP contribution in [0.3, 0.4) is 0 Å². The molecule has 0 N–H and O–H groups in total. The van der Waals surface area contributed by atoms with Crippen LogP contribution in [0.15, 0.2) is 11.1 Å². The lowest BCUT2D eigenvalue weighted by Gasteiger charge is -1.99. The maximum atomic E-state index is 11.1. The molecule has 0 fully saturated rings. The fraction of sp³-hybridized carbons (Fsp3) is 0.429. The minimum atomic E-state index is 0.0347. The molecule has 0 unspecified atom stereocenters. The molecule has 0 aliphatic rings. The highest BCUT2D eigenvalue weighted by atomic mass is 16.1. The standard InChI is InChI=1S/C7H10N2O/c1-5-6(2)8-4-9(3)7(5)10/h4H,1-3H3. The molecule has 54 valence electrons. The molecule has 0 spiro atoms. The van der Waals surface area contributed by atoms with Crippen molar-refractivity contribution in [2.24, 2.45) is 7.05 Å². The van der Waals surface area contributed by atoms with Crippen molar-refractivity contribution in [2.75, 3.05) is 0 Å². The Hall–Kier alpha value is -1.12. The molecular formula is C7H10N2O. The van der Waals surface area contributed by atoms with Gasteiger partial charge in [0, 0.05) is 18.3 Å². The van der Waals surface area contributed by atoms with Crippen LogP contribution in [0.25, 0.3) is 0 Å². The third-order valence-electron chi connectivity index (χ3n) is 1.61. The van der Waals surface area contributed by atoms with Crippen molar-refractivity contribution in [3.63, 3.8) is 0 Å². The third-order valence-corrected chi connectivity index (χ3v) is 1.61. The van der Waals surface area contributed by atoms with E-state index in [4.69, 9.17) is 0 Å². The van der Waals surface area contributed by atoms with Gasteiger partial charge in [-0.2, -0.15) is 0 Å². The smallest absolute Gasteiger partial charge is 0.256 e. The maximum absolute atomic E-state index is 11.1. The number of hydrogen-bond acceptors (Lipinski definition) is 2. The van der Waals surface area contributed by atoms with E-state index in [1.807, 2.05) is 6.92 Å². The second kappa shape index (κ2) is 2.25. The Morgan fingerprint density at radius 2 is 2.10 bits per heavy atom. The average molecular weight is 138 g/mol. The van der Waals surface area contributed by atoms with Gasteiger partial charge in [-0.25, -0.2) is 4.98 Å². The number of aryl methyl sites for hydroxylation is 2. The monoisotopic (exact) mass is 138 g/mol. The zero-order chi connectivity index (χ0) is 7.72. The summed E-state index contributed by atoms with van der Waals surface area (Å²) in [5.74, 6) is 0. The summed E-state index contributed by atoms with van der Waals surface area (Å²) in [6.45, 7) is 3.61. The highest BCUT2D eigenvalue weighted by molar-refractivity contribution is 5.11. The molecule has 0 radical (unpaired) electrons. The molecule has 3 heteroatoms. The van der Waals surface area contributed by atoms with E-state index in [0.29, 0.717) is 0 Å². The largest absolute Gasteiger partial charge is 0.302 e. The predicted molar refractivity (Wildman–Crippen MR) is 39.0 cm³/mol. The van der Waals surface area contributed by atoms with Crippen molar-refractivity contribution in [1.29, 1.82) is 0 Å². The van der Waals surface area contributed by atoms with Gasteiger partial charge in [-0.3, -0.25) is 4.79 Å². The quantitative estimate of drug-likeness (QED) is 0.520. The van der Waals surface area contributed by atoms with Gasteiger partial charge in [0.2, 0.25) is 0 Å². The molecule has 0 aromatic carbocycles. The topological polar surface area (TPSA) is 34.9 Å². The summed E-state index contributed by atoms with van der Waals surface area (Å²) in [7, 11) is 1.70. The Morgan fingerprint density at radius 3 is 2.60 bits per heavy atom. The number of aromatic nitrogens is 2. The Balaban J connectivity index is 3.50. The van der Waals surface area contributed by atoms with Crippen molar-refractivity contribution < 1.29 is 0 Å². The fourth-order valence-corrected chi connectivity index (χ4v) is 0.742. The Bertz CT molecular complexity index is 301. The van der Waals surface area contributed by atoms with Crippen LogP contribution in [0.4, 0.5) is 0 Å². The van der Waals surface area contributed by atoms with Crippen molar-refractivity contribution in [2.45, 2.75) is 13.8 Å². The molecule has 3 nitrogen and oxygen atoms in total. The van der Waals surface area contributed by atoms with Gasteiger partial charge in [-0.05, 0) is 13.8 Å². The van der Waals surface area contributed by atoms with Crippen molar-refractivity contribution in [1.82, 2.24) is 9.55 Å². The van der Waals surface area contributed by atoms with Crippen LogP contribution in [0, 0.1) is 13.8 Å². The van der Waals surface area contributed by atoms with Gasteiger partial charge in [0.05, 0.1) is 6.33 Å². The molecule has 0 aliphatic carbocycles. The summed E-state index contributed by atoms with van der Waals surface area (Å²) in [6, 6.07) is 0. The Morgan fingerprint density at radius 1 is 1.50 bits per heavy atom.